The van der Waals surface area contributed by atoms with Crippen LogP contribution in [0, 0.1) is 5.82 Å². The fourth-order valence-electron chi connectivity index (χ4n) is 2.70. The number of halogens is 1. The largest absolute Gasteiger partial charge is 0.444 e. The first-order valence-corrected chi connectivity index (χ1v) is 9.93. The number of carbonyl (C=O) groups is 1. The highest BCUT2D eigenvalue weighted by atomic mass is 32.2. The Hall–Kier alpha value is -1.67. The summed E-state index contributed by atoms with van der Waals surface area (Å²) in [4.78, 5) is 13.8. The van der Waals surface area contributed by atoms with Gasteiger partial charge in [-0.2, -0.15) is 0 Å². The quantitative estimate of drug-likeness (QED) is 0.862. The molecule has 1 heterocycles. The lowest BCUT2D eigenvalue weighted by atomic mass is 10.2. The van der Waals surface area contributed by atoms with Crippen LogP contribution >= 0.6 is 0 Å². The van der Waals surface area contributed by atoms with Gasteiger partial charge < -0.3 is 9.64 Å². The Morgan fingerprint density at radius 3 is 2.68 bits per heavy atom. The van der Waals surface area contributed by atoms with Crippen LogP contribution in [0.15, 0.2) is 24.3 Å². The van der Waals surface area contributed by atoms with E-state index in [1.165, 1.54) is 18.2 Å². The van der Waals surface area contributed by atoms with Crippen molar-refractivity contribution in [3.63, 3.8) is 0 Å². The monoisotopic (exact) mass is 372 g/mol. The van der Waals surface area contributed by atoms with Crippen molar-refractivity contribution in [1.82, 2.24) is 9.62 Å². The number of nitrogens with one attached hydrogen (secondary N) is 1. The average molecular weight is 372 g/mol. The summed E-state index contributed by atoms with van der Waals surface area (Å²) in [6, 6.07) is 5.51. The predicted octanol–water partition coefficient (Wildman–Crippen LogP) is 2.64. The van der Waals surface area contributed by atoms with E-state index in [1.54, 1.807) is 31.7 Å². The van der Waals surface area contributed by atoms with Gasteiger partial charge in [0.25, 0.3) is 0 Å². The summed E-state index contributed by atoms with van der Waals surface area (Å²) in [6.45, 7) is 5.98. The lowest BCUT2D eigenvalue weighted by Gasteiger charge is -2.28. The molecule has 25 heavy (non-hydrogen) atoms. The first-order valence-electron chi connectivity index (χ1n) is 8.28. The van der Waals surface area contributed by atoms with Gasteiger partial charge in [-0.05, 0) is 39.7 Å². The van der Waals surface area contributed by atoms with Crippen LogP contribution in [-0.2, 0) is 20.5 Å². The van der Waals surface area contributed by atoms with Crippen molar-refractivity contribution in [2.24, 2.45) is 0 Å². The van der Waals surface area contributed by atoms with Crippen molar-refractivity contribution in [3.05, 3.63) is 35.6 Å². The molecule has 0 saturated carbocycles. The van der Waals surface area contributed by atoms with Gasteiger partial charge in [0.05, 0.1) is 5.75 Å². The van der Waals surface area contributed by atoms with Crippen LogP contribution < -0.4 is 4.72 Å². The molecule has 1 atom stereocenters. The molecule has 1 unspecified atom stereocenters. The highest BCUT2D eigenvalue weighted by Crippen LogP contribution is 2.20. The Morgan fingerprint density at radius 2 is 2.04 bits per heavy atom. The summed E-state index contributed by atoms with van der Waals surface area (Å²) in [7, 11) is -3.70. The second kappa shape index (κ2) is 7.70. The minimum absolute atomic E-state index is 0.0933. The van der Waals surface area contributed by atoms with E-state index in [0.29, 0.717) is 13.0 Å². The molecule has 140 valence electrons. The summed E-state index contributed by atoms with van der Waals surface area (Å²) >= 11 is 0. The standard InChI is InChI=1S/C17H25FN2O4S/c1-17(2,3)24-16(21)20-10-6-8-14(20)11-19-25(22,23)12-13-7-4-5-9-15(13)18/h4-5,7,9,14,19H,6,8,10-12H2,1-3H3. The molecule has 1 aliphatic rings. The molecule has 1 fully saturated rings. The number of benzene rings is 1. The van der Waals surface area contributed by atoms with Crippen molar-refractivity contribution >= 4 is 16.1 Å². The predicted molar refractivity (Wildman–Crippen MR) is 93.0 cm³/mol. The van der Waals surface area contributed by atoms with E-state index < -0.39 is 33.3 Å². The fourth-order valence-corrected chi connectivity index (χ4v) is 3.90. The van der Waals surface area contributed by atoms with Crippen molar-refractivity contribution in [1.29, 1.82) is 0 Å². The number of sulfonamides is 1. The van der Waals surface area contributed by atoms with Gasteiger partial charge in [-0.25, -0.2) is 22.3 Å². The summed E-state index contributed by atoms with van der Waals surface area (Å²) < 4.78 is 45.9. The molecular formula is C17H25FN2O4S. The lowest BCUT2D eigenvalue weighted by Crippen LogP contribution is -2.45. The number of hydrogen-bond acceptors (Lipinski definition) is 4. The van der Waals surface area contributed by atoms with Gasteiger partial charge in [0.2, 0.25) is 10.0 Å². The van der Waals surface area contributed by atoms with E-state index in [-0.39, 0.29) is 18.2 Å². The van der Waals surface area contributed by atoms with Gasteiger partial charge in [0, 0.05) is 24.7 Å². The Morgan fingerprint density at radius 1 is 1.36 bits per heavy atom. The smallest absolute Gasteiger partial charge is 0.410 e. The maximum absolute atomic E-state index is 13.6. The van der Waals surface area contributed by atoms with Gasteiger partial charge in [-0.3, -0.25) is 0 Å². The zero-order chi connectivity index (χ0) is 18.7. The molecule has 1 aliphatic heterocycles. The number of carbonyl (C=O) groups excluding carboxylic acids is 1. The SMILES string of the molecule is CC(C)(C)OC(=O)N1CCCC1CNS(=O)(=O)Cc1ccccc1F. The molecule has 0 spiro atoms. The van der Waals surface area contributed by atoms with Crippen LogP contribution in [-0.4, -0.2) is 44.1 Å². The normalized spacial score (nSPS) is 18.4. The molecular weight excluding hydrogens is 347 g/mol. The Kier molecular flexibility index (Phi) is 6.05. The summed E-state index contributed by atoms with van der Waals surface area (Å²) in [5.74, 6) is -0.983. The van der Waals surface area contributed by atoms with Gasteiger partial charge >= 0.3 is 6.09 Å². The van der Waals surface area contributed by atoms with E-state index in [1.807, 2.05) is 0 Å². The van der Waals surface area contributed by atoms with Gasteiger partial charge in [0.15, 0.2) is 0 Å². The summed E-state index contributed by atoms with van der Waals surface area (Å²) in [5.41, 5.74) is -0.486. The molecule has 1 saturated heterocycles. The summed E-state index contributed by atoms with van der Waals surface area (Å²) in [6.07, 6.45) is 1.05. The molecule has 8 heteroatoms. The Balaban J connectivity index is 1.95. The minimum Gasteiger partial charge on any atom is -0.444 e. The number of hydrogen-bond donors (Lipinski definition) is 1. The molecule has 1 aromatic rings. The fraction of sp³-hybridized carbons (Fsp3) is 0.588. The van der Waals surface area contributed by atoms with E-state index in [9.17, 15) is 17.6 Å². The van der Waals surface area contributed by atoms with Gasteiger partial charge in [0.1, 0.15) is 11.4 Å². The molecule has 1 aromatic carbocycles. The maximum Gasteiger partial charge on any atom is 0.410 e. The second-order valence-electron chi connectivity index (χ2n) is 7.17. The Labute approximate surface area is 148 Å². The number of rotatable bonds is 5. The third-order valence-corrected chi connectivity index (χ3v) is 5.14. The summed E-state index contributed by atoms with van der Waals surface area (Å²) in [5, 5.41) is 0. The number of nitrogens with zero attached hydrogens (tertiary/aromatic N) is 1. The van der Waals surface area contributed by atoms with Gasteiger partial charge in [-0.15, -0.1) is 0 Å². The van der Waals surface area contributed by atoms with E-state index in [2.05, 4.69) is 4.72 Å². The highest BCUT2D eigenvalue weighted by Gasteiger charge is 2.32. The van der Waals surface area contributed by atoms with Crippen molar-refractivity contribution < 1.29 is 22.3 Å². The molecule has 0 aliphatic carbocycles. The van der Waals surface area contributed by atoms with Crippen LogP contribution in [0.2, 0.25) is 0 Å². The van der Waals surface area contributed by atoms with E-state index in [4.69, 9.17) is 4.74 Å². The van der Waals surface area contributed by atoms with Crippen LogP contribution in [0.5, 0.6) is 0 Å². The lowest BCUT2D eigenvalue weighted by molar-refractivity contribution is 0.0229. The third-order valence-electron chi connectivity index (χ3n) is 3.85. The van der Waals surface area contributed by atoms with E-state index >= 15 is 0 Å². The van der Waals surface area contributed by atoms with Crippen molar-refractivity contribution in [2.45, 2.75) is 51.0 Å². The number of ether oxygens (including phenoxy) is 1. The van der Waals surface area contributed by atoms with Crippen LogP contribution in [0.4, 0.5) is 9.18 Å². The van der Waals surface area contributed by atoms with Crippen molar-refractivity contribution in [3.8, 4) is 0 Å². The molecule has 1 N–H and O–H groups in total. The van der Waals surface area contributed by atoms with Crippen LogP contribution in [0.3, 0.4) is 0 Å². The molecule has 0 bridgehead atoms. The zero-order valence-electron chi connectivity index (χ0n) is 14.8. The molecule has 1 amide bonds. The topological polar surface area (TPSA) is 75.7 Å². The first-order chi connectivity index (χ1) is 11.6. The second-order valence-corrected chi connectivity index (χ2v) is 8.98. The average Bonchev–Trinajstić information content (AvgIpc) is 2.94. The first kappa shape index (κ1) is 19.7. The third kappa shape index (κ3) is 5.97. The van der Waals surface area contributed by atoms with Crippen LogP contribution in [0.25, 0.3) is 0 Å². The zero-order valence-corrected chi connectivity index (χ0v) is 15.6. The van der Waals surface area contributed by atoms with E-state index in [0.717, 1.165) is 6.42 Å². The Bertz CT molecular complexity index is 716. The molecule has 0 radical (unpaired) electrons. The molecule has 0 aromatic heterocycles. The number of amides is 1. The molecule has 2 rings (SSSR count). The van der Waals surface area contributed by atoms with Gasteiger partial charge in [-0.1, -0.05) is 18.2 Å². The maximum atomic E-state index is 13.6. The highest BCUT2D eigenvalue weighted by molar-refractivity contribution is 7.88. The number of likely N-dealkylation sites (tertiary alicyclic amines) is 1. The van der Waals surface area contributed by atoms with Crippen LogP contribution in [0.1, 0.15) is 39.2 Å². The minimum atomic E-state index is -3.70. The van der Waals surface area contributed by atoms with Crippen molar-refractivity contribution in [2.75, 3.05) is 13.1 Å². The molecule has 6 nitrogen and oxygen atoms in total.